The number of halogens is 1. The lowest BCUT2D eigenvalue weighted by molar-refractivity contribution is 0.0595. The van der Waals surface area contributed by atoms with Gasteiger partial charge >= 0.3 is 6.09 Å². The molecular weight excluding hydrogens is 263 g/mol. The number of piperazine rings is 1. The molecule has 1 aromatic rings. The summed E-state index contributed by atoms with van der Waals surface area (Å²) in [5.41, 5.74) is 0.528. The Morgan fingerprint density at radius 1 is 1.15 bits per heavy atom. The highest BCUT2D eigenvalue weighted by Gasteiger charge is 2.26. The van der Waals surface area contributed by atoms with E-state index in [0.29, 0.717) is 31.7 Å². The second kappa shape index (κ2) is 5.90. The van der Waals surface area contributed by atoms with Crippen LogP contribution >= 0.6 is 0 Å². The molecule has 1 aliphatic heterocycles. The van der Waals surface area contributed by atoms with E-state index in [1.54, 1.807) is 24.0 Å². The molecule has 6 heteroatoms. The number of hydrogen-bond donors (Lipinski definition) is 0. The van der Waals surface area contributed by atoms with Crippen molar-refractivity contribution in [3.63, 3.8) is 0 Å². The van der Waals surface area contributed by atoms with E-state index >= 15 is 0 Å². The molecule has 1 saturated heterocycles. The smallest absolute Gasteiger partial charge is 0.409 e. The van der Waals surface area contributed by atoms with E-state index in [1.807, 2.05) is 0 Å². The van der Waals surface area contributed by atoms with Crippen molar-refractivity contribution < 1.29 is 18.7 Å². The first-order chi connectivity index (χ1) is 9.54. The van der Waals surface area contributed by atoms with Crippen molar-refractivity contribution in [3.05, 3.63) is 35.1 Å². The van der Waals surface area contributed by atoms with E-state index in [9.17, 15) is 14.0 Å². The van der Waals surface area contributed by atoms with Crippen molar-refractivity contribution in [1.82, 2.24) is 9.80 Å². The molecule has 1 aliphatic rings. The molecule has 2 rings (SSSR count). The maximum atomic E-state index is 13.9. The Balaban J connectivity index is 2.05. The van der Waals surface area contributed by atoms with Crippen LogP contribution in [0.2, 0.25) is 0 Å². The van der Waals surface area contributed by atoms with Gasteiger partial charge < -0.3 is 14.5 Å². The highest BCUT2D eigenvalue weighted by Crippen LogP contribution is 2.15. The quantitative estimate of drug-likeness (QED) is 0.786. The lowest BCUT2D eigenvalue weighted by atomic mass is 10.1. The molecule has 0 unspecified atom stereocenters. The molecule has 0 aliphatic carbocycles. The van der Waals surface area contributed by atoms with E-state index in [-0.39, 0.29) is 11.5 Å². The fourth-order valence-electron chi connectivity index (χ4n) is 2.20. The van der Waals surface area contributed by atoms with Gasteiger partial charge in [-0.15, -0.1) is 0 Å². The van der Waals surface area contributed by atoms with Gasteiger partial charge in [0.1, 0.15) is 5.82 Å². The first kappa shape index (κ1) is 14.3. The van der Waals surface area contributed by atoms with Crippen molar-refractivity contribution in [2.24, 2.45) is 0 Å². The zero-order valence-corrected chi connectivity index (χ0v) is 11.6. The molecule has 108 valence electrons. The summed E-state index contributed by atoms with van der Waals surface area (Å²) in [6.07, 6.45) is -0.404. The number of methoxy groups -OCH3 is 1. The third-order valence-electron chi connectivity index (χ3n) is 3.42. The summed E-state index contributed by atoms with van der Waals surface area (Å²) in [5, 5.41) is 0. The Hall–Kier alpha value is -2.11. The molecule has 0 bridgehead atoms. The van der Waals surface area contributed by atoms with E-state index in [4.69, 9.17) is 0 Å². The van der Waals surface area contributed by atoms with E-state index < -0.39 is 11.9 Å². The van der Waals surface area contributed by atoms with Crippen LogP contribution in [0.1, 0.15) is 15.9 Å². The van der Waals surface area contributed by atoms with Gasteiger partial charge in [0.15, 0.2) is 0 Å². The second-order valence-electron chi connectivity index (χ2n) is 4.69. The first-order valence-electron chi connectivity index (χ1n) is 6.42. The number of carbonyl (C=O) groups is 2. The van der Waals surface area contributed by atoms with Gasteiger partial charge in [-0.1, -0.05) is 12.1 Å². The highest BCUT2D eigenvalue weighted by molar-refractivity contribution is 5.94. The first-order valence-corrected chi connectivity index (χ1v) is 6.42. The fraction of sp³-hybridized carbons (Fsp3) is 0.429. The summed E-state index contributed by atoms with van der Waals surface area (Å²) in [4.78, 5) is 26.7. The minimum atomic E-state index is -0.479. The molecule has 1 fully saturated rings. The standard InChI is InChI=1S/C14H17FN2O3/c1-10-4-3-5-11(12(10)15)13(18)16-6-8-17(9-7-16)14(19)20-2/h3-5H,6-9H2,1-2H3. The Bertz CT molecular complexity index is 525. The zero-order valence-electron chi connectivity index (χ0n) is 11.6. The van der Waals surface area contributed by atoms with E-state index in [2.05, 4.69) is 4.74 Å². The van der Waals surface area contributed by atoms with Crippen LogP contribution in [0.25, 0.3) is 0 Å². The van der Waals surface area contributed by atoms with Crippen LogP contribution in [0.15, 0.2) is 18.2 Å². The number of aryl methyl sites for hydroxylation is 1. The molecule has 0 atom stereocenters. The Kier molecular flexibility index (Phi) is 4.22. The molecular formula is C14H17FN2O3. The molecule has 0 aromatic heterocycles. The van der Waals surface area contributed by atoms with E-state index in [1.165, 1.54) is 18.1 Å². The van der Waals surface area contributed by atoms with Gasteiger partial charge in [-0.05, 0) is 18.6 Å². The molecule has 1 aromatic carbocycles. The molecule has 0 spiro atoms. The summed E-state index contributed by atoms with van der Waals surface area (Å²) in [5.74, 6) is -0.816. The summed E-state index contributed by atoms with van der Waals surface area (Å²) in [6, 6.07) is 4.77. The highest BCUT2D eigenvalue weighted by atomic mass is 19.1. The predicted octanol–water partition coefficient (Wildman–Crippen LogP) is 1.66. The number of benzene rings is 1. The normalized spacial score (nSPS) is 15.2. The van der Waals surface area contributed by atoms with Gasteiger partial charge in [0.25, 0.3) is 5.91 Å². The third kappa shape index (κ3) is 2.74. The summed E-state index contributed by atoms with van der Waals surface area (Å²) >= 11 is 0. The zero-order chi connectivity index (χ0) is 14.7. The number of rotatable bonds is 1. The Labute approximate surface area is 116 Å². The van der Waals surface area contributed by atoms with Crippen LogP contribution in [0.3, 0.4) is 0 Å². The molecule has 5 nitrogen and oxygen atoms in total. The van der Waals surface area contributed by atoms with Crippen molar-refractivity contribution >= 4 is 12.0 Å². The second-order valence-corrected chi connectivity index (χ2v) is 4.69. The molecule has 1 heterocycles. The number of nitrogens with zero attached hydrogens (tertiary/aromatic N) is 2. The van der Waals surface area contributed by atoms with Gasteiger partial charge in [0, 0.05) is 26.2 Å². The number of amides is 2. The number of ether oxygens (including phenoxy) is 1. The fourth-order valence-corrected chi connectivity index (χ4v) is 2.20. The van der Waals surface area contributed by atoms with Crippen molar-refractivity contribution in [3.8, 4) is 0 Å². The molecule has 0 N–H and O–H groups in total. The Morgan fingerprint density at radius 2 is 1.75 bits per heavy atom. The number of carbonyl (C=O) groups excluding carboxylic acids is 2. The van der Waals surface area contributed by atoms with Gasteiger partial charge in [-0.25, -0.2) is 9.18 Å². The minimum absolute atomic E-state index is 0.0801. The monoisotopic (exact) mass is 280 g/mol. The molecule has 20 heavy (non-hydrogen) atoms. The van der Waals surface area contributed by atoms with Crippen LogP contribution in [0.5, 0.6) is 0 Å². The van der Waals surface area contributed by atoms with Gasteiger partial charge in [-0.3, -0.25) is 4.79 Å². The van der Waals surface area contributed by atoms with E-state index in [0.717, 1.165) is 0 Å². The summed E-state index contributed by atoms with van der Waals surface area (Å²) in [7, 11) is 1.32. The summed E-state index contributed by atoms with van der Waals surface area (Å²) < 4.78 is 18.6. The topological polar surface area (TPSA) is 49.9 Å². The minimum Gasteiger partial charge on any atom is -0.453 e. The molecule has 2 amide bonds. The van der Waals surface area contributed by atoms with Crippen LogP contribution in [-0.2, 0) is 4.74 Å². The van der Waals surface area contributed by atoms with Crippen LogP contribution in [0.4, 0.5) is 9.18 Å². The number of hydrogen-bond acceptors (Lipinski definition) is 3. The average Bonchev–Trinajstić information content (AvgIpc) is 2.48. The van der Waals surface area contributed by atoms with Gasteiger partial charge in [-0.2, -0.15) is 0 Å². The van der Waals surface area contributed by atoms with Crippen LogP contribution in [-0.4, -0.2) is 55.1 Å². The van der Waals surface area contributed by atoms with Crippen LogP contribution < -0.4 is 0 Å². The van der Waals surface area contributed by atoms with Gasteiger partial charge in [0.2, 0.25) is 0 Å². The lowest BCUT2D eigenvalue weighted by Gasteiger charge is -2.33. The maximum absolute atomic E-state index is 13.9. The van der Waals surface area contributed by atoms with Crippen molar-refractivity contribution in [2.45, 2.75) is 6.92 Å². The lowest BCUT2D eigenvalue weighted by Crippen LogP contribution is -2.50. The van der Waals surface area contributed by atoms with Gasteiger partial charge in [0.05, 0.1) is 12.7 Å². The third-order valence-corrected chi connectivity index (χ3v) is 3.42. The average molecular weight is 280 g/mol. The van der Waals surface area contributed by atoms with Crippen LogP contribution in [0, 0.1) is 12.7 Å². The van der Waals surface area contributed by atoms with Crippen molar-refractivity contribution in [2.75, 3.05) is 33.3 Å². The maximum Gasteiger partial charge on any atom is 0.409 e. The largest absolute Gasteiger partial charge is 0.453 e. The SMILES string of the molecule is COC(=O)N1CCN(C(=O)c2cccc(C)c2F)CC1. The molecule has 0 saturated carbocycles. The van der Waals surface area contributed by atoms with Crippen molar-refractivity contribution in [1.29, 1.82) is 0 Å². The Morgan fingerprint density at radius 3 is 2.35 bits per heavy atom. The summed E-state index contributed by atoms with van der Waals surface area (Å²) in [6.45, 7) is 3.17. The molecule has 0 radical (unpaired) electrons. The predicted molar refractivity (Wildman–Crippen MR) is 71.0 cm³/mol.